The fraction of sp³-hybridized carbons (Fsp3) is 0.143. The summed E-state index contributed by atoms with van der Waals surface area (Å²) in [6.07, 6.45) is 1.74. The lowest BCUT2D eigenvalue weighted by Crippen LogP contribution is -2.05. The third-order valence-corrected chi connectivity index (χ3v) is 4.39. The third-order valence-electron chi connectivity index (χ3n) is 2.81. The van der Waals surface area contributed by atoms with Gasteiger partial charge in [0, 0.05) is 22.5 Å². The van der Waals surface area contributed by atoms with Gasteiger partial charge in [-0.3, -0.25) is 0 Å². The molecule has 0 bridgehead atoms. The van der Waals surface area contributed by atoms with Gasteiger partial charge in [-0.05, 0) is 19.1 Å². The van der Waals surface area contributed by atoms with Crippen molar-refractivity contribution in [3.05, 3.63) is 39.8 Å². The smallest absolute Gasteiger partial charge is 0.356 e. The molecule has 0 aliphatic carbocycles. The number of hydrogen-bond donors (Lipinski definition) is 0. The second-order valence-corrected chi connectivity index (χ2v) is 6.13. The van der Waals surface area contributed by atoms with Gasteiger partial charge in [0.1, 0.15) is 22.1 Å². The van der Waals surface area contributed by atoms with E-state index in [4.69, 9.17) is 4.74 Å². The number of pyridine rings is 1. The summed E-state index contributed by atoms with van der Waals surface area (Å²) in [5.74, 6) is -0.464. The lowest BCUT2D eigenvalue weighted by molar-refractivity contribution is 0.0594. The van der Waals surface area contributed by atoms with Crippen LogP contribution in [0.3, 0.4) is 0 Å². The summed E-state index contributed by atoms with van der Waals surface area (Å²) in [6.45, 7) is 1.93. The van der Waals surface area contributed by atoms with E-state index in [2.05, 4.69) is 15.0 Å². The highest BCUT2D eigenvalue weighted by molar-refractivity contribution is 7.13. The minimum absolute atomic E-state index is 0.262. The van der Waals surface area contributed by atoms with E-state index in [1.165, 1.54) is 18.4 Å². The maximum absolute atomic E-state index is 11.7. The first-order valence-corrected chi connectivity index (χ1v) is 7.86. The average Bonchev–Trinajstić information content (AvgIpc) is 3.17. The number of esters is 1. The van der Waals surface area contributed by atoms with Gasteiger partial charge >= 0.3 is 5.97 Å². The normalized spacial score (nSPS) is 10.6. The quantitative estimate of drug-likeness (QED) is 0.693. The first kappa shape index (κ1) is 13.8. The number of hydrogen-bond acceptors (Lipinski definition) is 7. The molecule has 0 fully saturated rings. The summed E-state index contributed by atoms with van der Waals surface area (Å²) in [5.41, 5.74) is 2.52. The molecule has 0 saturated carbocycles. The van der Waals surface area contributed by atoms with Crippen molar-refractivity contribution < 1.29 is 9.53 Å². The molecule has 3 aromatic rings. The molecule has 7 heteroatoms. The van der Waals surface area contributed by atoms with Crippen LogP contribution in [0, 0.1) is 6.92 Å². The first-order chi connectivity index (χ1) is 10.2. The highest BCUT2D eigenvalue weighted by Crippen LogP contribution is 2.32. The highest BCUT2D eigenvalue weighted by Gasteiger charge is 2.17. The van der Waals surface area contributed by atoms with Crippen molar-refractivity contribution >= 4 is 28.6 Å². The van der Waals surface area contributed by atoms with Crippen molar-refractivity contribution in [3.63, 3.8) is 0 Å². The minimum Gasteiger partial charge on any atom is -0.464 e. The zero-order valence-electron chi connectivity index (χ0n) is 11.4. The first-order valence-electron chi connectivity index (χ1n) is 6.11. The molecule has 0 aromatic carbocycles. The Labute approximate surface area is 129 Å². The molecule has 5 nitrogen and oxygen atoms in total. The van der Waals surface area contributed by atoms with Gasteiger partial charge in [-0.25, -0.2) is 19.7 Å². The number of aryl methyl sites for hydroxylation is 1. The largest absolute Gasteiger partial charge is 0.464 e. The highest BCUT2D eigenvalue weighted by atomic mass is 32.1. The molecule has 0 atom stereocenters. The SMILES string of the molecule is COC(=O)c1ccc(-c2nccs2)c(-c2csc(C)n2)n1. The number of nitrogens with zero attached hydrogens (tertiary/aromatic N) is 3. The predicted octanol–water partition coefficient (Wildman–Crippen LogP) is 3.42. The number of carbonyl (C=O) groups is 1. The van der Waals surface area contributed by atoms with E-state index in [9.17, 15) is 4.79 Å². The van der Waals surface area contributed by atoms with E-state index in [0.717, 1.165) is 21.3 Å². The number of thiazole rings is 2. The predicted molar refractivity (Wildman–Crippen MR) is 82.5 cm³/mol. The molecule has 3 rings (SSSR count). The second kappa shape index (κ2) is 5.71. The van der Waals surface area contributed by atoms with Crippen LogP contribution in [0.25, 0.3) is 22.0 Å². The van der Waals surface area contributed by atoms with Crippen LogP contribution in [0.5, 0.6) is 0 Å². The summed E-state index contributed by atoms with van der Waals surface area (Å²) < 4.78 is 4.73. The fourth-order valence-electron chi connectivity index (χ4n) is 1.87. The molecule has 3 heterocycles. The van der Waals surface area contributed by atoms with Crippen LogP contribution in [-0.2, 0) is 4.74 Å². The fourth-order valence-corrected chi connectivity index (χ4v) is 3.14. The average molecular weight is 317 g/mol. The number of carbonyl (C=O) groups excluding carboxylic acids is 1. The Balaban J connectivity index is 2.18. The third kappa shape index (κ3) is 2.70. The van der Waals surface area contributed by atoms with Crippen LogP contribution >= 0.6 is 22.7 Å². The standard InChI is InChI=1S/C14H11N3O2S2/c1-8-16-11(7-21-8)12-9(13-15-5-6-20-13)3-4-10(17-12)14(18)19-2/h3-7H,1-2H3. The van der Waals surface area contributed by atoms with Gasteiger partial charge < -0.3 is 4.74 Å². The van der Waals surface area contributed by atoms with Crippen molar-refractivity contribution in [3.8, 4) is 22.0 Å². The lowest BCUT2D eigenvalue weighted by atomic mass is 10.1. The van der Waals surface area contributed by atoms with Gasteiger partial charge in [0.15, 0.2) is 0 Å². The van der Waals surface area contributed by atoms with E-state index < -0.39 is 5.97 Å². The molecule has 0 aliphatic heterocycles. The Morgan fingerprint density at radius 3 is 2.71 bits per heavy atom. The molecule has 0 saturated heterocycles. The van der Waals surface area contributed by atoms with Crippen LogP contribution in [-0.4, -0.2) is 28.0 Å². The van der Waals surface area contributed by atoms with E-state index in [1.54, 1.807) is 23.6 Å². The number of methoxy groups -OCH3 is 1. The van der Waals surface area contributed by atoms with Gasteiger partial charge in [0.25, 0.3) is 0 Å². The topological polar surface area (TPSA) is 65.0 Å². The molecular weight excluding hydrogens is 306 g/mol. The molecular formula is C14H11N3O2S2. The molecule has 3 aromatic heterocycles. The van der Waals surface area contributed by atoms with Crippen LogP contribution in [0.1, 0.15) is 15.5 Å². The Kier molecular flexibility index (Phi) is 3.76. The van der Waals surface area contributed by atoms with Gasteiger partial charge in [-0.15, -0.1) is 22.7 Å². The molecule has 0 spiro atoms. The van der Waals surface area contributed by atoms with Crippen LogP contribution in [0.2, 0.25) is 0 Å². The van der Waals surface area contributed by atoms with E-state index in [1.807, 2.05) is 23.8 Å². The molecule has 0 aliphatic rings. The van der Waals surface area contributed by atoms with E-state index in [-0.39, 0.29) is 5.69 Å². The summed E-state index contributed by atoms with van der Waals surface area (Å²) in [6, 6.07) is 3.48. The van der Waals surface area contributed by atoms with Crippen molar-refractivity contribution in [1.29, 1.82) is 0 Å². The summed E-state index contributed by atoms with van der Waals surface area (Å²) >= 11 is 3.06. The van der Waals surface area contributed by atoms with Gasteiger partial charge in [0.05, 0.1) is 12.1 Å². The zero-order valence-corrected chi connectivity index (χ0v) is 13.0. The Morgan fingerprint density at radius 1 is 1.24 bits per heavy atom. The minimum atomic E-state index is -0.464. The number of ether oxygens (including phenoxy) is 1. The van der Waals surface area contributed by atoms with Gasteiger partial charge in [-0.1, -0.05) is 0 Å². The molecule has 0 N–H and O–H groups in total. The number of rotatable bonds is 3. The van der Waals surface area contributed by atoms with Gasteiger partial charge in [0.2, 0.25) is 0 Å². The second-order valence-electron chi connectivity index (χ2n) is 4.17. The maximum Gasteiger partial charge on any atom is 0.356 e. The van der Waals surface area contributed by atoms with Crippen LogP contribution in [0.4, 0.5) is 0 Å². The molecule has 106 valence electrons. The lowest BCUT2D eigenvalue weighted by Gasteiger charge is -2.06. The van der Waals surface area contributed by atoms with Crippen molar-refractivity contribution in [2.75, 3.05) is 7.11 Å². The Morgan fingerprint density at radius 2 is 2.10 bits per heavy atom. The van der Waals surface area contributed by atoms with Crippen LogP contribution < -0.4 is 0 Å². The maximum atomic E-state index is 11.7. The monoisotopic (exact) mass is 317 g/mol. The zero-order chi connectivity index (χ0) is 14.8. The molecule has 0 amide bonds. The van der Waals surface area contributed by atoms with Gasteiger partial charge in [-0.2, -0.15) is 0 Å². The summed E-state index contributed by atoms with van der Waals surface area (Å²) in [4.78, 5) is 24.9. The Bertz CT molecular complexity index is 781. The molecule has 21 heavy (non-hydrogen) atoms. The van der Waals surface area contributed by atoms with E-state index >= 15 is 0 Å². The van der Waals surface area contributed by atoms with Crippen molar-refractivity contribution in [2.24, 2.45) is 0 Å². The van der Waals surface area contributed by atoms with E-state index in [0.29, 0.717) is 5.69 Å². The molecule has 0 radical (unpaired) electrons. The van der Waals surface area contributed by atoms with Crippen LogP contribution in [0.15, 0.2) is 29.1 Å². The van der Waals surface area contributed by atoms with Crippen molar-refractivity contribution in [1.82, 2.24) is 15.0 Å². The Hall–Kier alpha value is -2.12. The summed E-state index contributed by atoms with van der Waals surface area (Å²) in [7, 11) is 1.34. The number of aromatic nitrogens is 3. The van der Waals surface area contributed by atoms with Crippen molar-refractivity contribution in [2.45, 2.75) is 6.92 Å². The molecule has 0 unspecified atom stereocenters. The summed E-state index contributed by atoms with van der Waals surface area (Å²) in [5, 5.41) is 5.62.